The number of hydrazine groups is 1. The standard InChI is InChI=1S/C14H24N6/c1-20(2)14(6-3-7-14)9-16-11-8-12(19-15)18-13(17-11)10-4-5-10/h8,10H,3-7,9,15H2,1-2H3,(H2,16,17,18,19). The van der Waals surface area contributed by atoms with Gasteiger partial charge in [-0.1, -0.05) is 0 Å². The molecule has 0 aromatic carbocycles. The predicted octanol–water partition coefficient (Wildman–Crippen LogP) is 1.54. The highest BCUT2D eigenvalue weighted by Crippen LogP contribution is 2.39. The molecule has 20 heavy (non-hydrogen) atoms. The summed E-state index contributed by atoms with van der Waals surface area (Å²) in [6.45, 7) is 0.922. The maximum Gasteiger partial charge on any atom is 0.145 e. The zero-order valence-corrected chi connectivity index (χ0v) is 12.3. The fourth-order valence-corrected chi connectivity index (χ4v) is 2.78. The van der Waals surface area contributed by atoms with Crippen molar-refractivity contribution in [3.8, 4) is 0 Å². The third-order valence-corrected chi connectivity index (χ3v) is 4.67. The van der Waals surface area contributed by atoms with Crippen molar-refractivity contribution in [2.45, 2.75) is 43.6 Å². The van der Waals surface area contributed by atoms with Crippen LogP contribution >= 0.6 is 0 Å². The lowest BCUT2D eigenvalue weighted by Gasteiger charge is -2.47. The van der Waals surface area contributed by atoms with E-state index >= 15 is 0 Å². The maximum absolute atomic E-state index is 5.50. The number of likely N-dealkylation sites (N-methyl/N-ethyl adjacent to an activating group) is 1. The number of nitrogens with two attached hydrogens (primary N) is 1. The van der Waals surface area contributed by atoms with E-state index in [0.717, 1.165) is 18.2 Å². The van der Waals surface area contributed by atoms with Crippen LogP contribution in [0.3, 0.4) is 0 Å². The molecule has 2 fully saturated rings. The Kier molecular flexibility index (Phi) is 3.52. The highest BCUT2D eigenvalue weighted by atomic mass is 15.3. The van der Waals surface area contributed by atoms with E-state index in [2.05, 4.69) is 39.7 Å². The quantitative estimate of drug-likeness (QED) is 0.540. The second-order valence-corrected chi connectivity index (χ2v) is 6.24. The van der Waals surface area contributed by atoms with Crippen molar-refractivity contribution in [3.05, 3.63) is 11.9 Å². The van der Waals surface area contributed by atoms with Crippen molar-refractivity contribution >= 4 is 11.6 Å². The van der Waals surface area contributed by atoms with Gasteiger partial charge < -0.3 is 15.6 Å². The molecule has 2 saturated carbocycles. The molecule has 0 aliphatic heterocycles. The molecule has 1 aromatic rings. The fraction of sp³-hybridized carbons (Fsp3) is 0.714. The lowest BCUT2D eigenvalue weighted by molar-refractivity contribution is 0.0738. The summed E-state index contributed by atoms with van der Waals surface area (Å²) >= 11 is 0. The number of anilines is 2. The molecule has 0 saturated heterocycles. The largest absolute Gasteiger partial charge is 0.368 e. The van der Waals surface area contributed by atoms with E-state index in [9.17, 15) is 0 Å². The number of nitrogens with one attached hydrogen (secondary N) is 2. The Morgan fingerprint density at radius 3 is 2.50 bits per heavy atom. The Hall–Kier alpha value is -1.40. The van der Waals surface area contributed by atoms with Gasteiger partial charge in [-0.3, -0.25) is 0 Å². The Morgan fingerprint density at radius 2 is 2.00 bits per heavy atom. The third kappa shape index (κ3) is 2.58. The van der Waals surface area contributed by atoms with Crippen molar-refractivity contribution < 1.29 is 0 Å². The van der Waals surface area contributed by atoms with Crippen LogP contribution in [0.25, 0.3) is 0 Å². The number of rotatable bonds is 6. The molecule has 6 heteroatoms. The Balaban J connectivity index is 1.71. The lowest BCUT2D eigenvalue weighted by atomic mass is 9.75. The van der Waals surface area contributed by atoms with Gasteiger partial charge in [0.05, 0.1) is 0 Å². The van der Waals surface area contributed by atoms with Gasteiger partial charge in [-0.05, 0) is 46.2 Å². The van der Waals surface area contributed by atoms with E-state index in [1.807, 2.05) is 6.07 Å². The summed E-state index contributed by atoms with van der Waals surface area (Å²) in [5.74, 6) is 8.50. The summed E-state index contributed by atoms with van der Waals surface area (Å²) in [5, 5.41) is 3.48. The van der Waals surface area contributed by atoms with Crippen LogP contribution in [0.15, 0.2) is 6.07 Å². The second kappa shape index (κ2) is 5.18. The van der Waals surface area contributed by atoms with Crippen LogP contribution in [0.5, 0.6) is 0 Å². The van der Waals surface area contributed by atoms with Gasteiger partial charge in [-0.25, -0.2) is 15.8 Å². The highest BCUT2D eigenvalue weighted by Gasteiger charge is 2.38. The number of hydrogen-bond donors (Lipinski definition) is 3. The molecule has 4 N–H and O–H groups in total. The molecule has 0 atom stereocenters. The van der Waals surface area contributed by atoms with Crippen molar-refractivity contribution in [1.29, 1.82) is 0 Å². The van der Waals surface area contributed by atoms with Crippen molar-refractivity contribution in [2.24, 2.45) is 5.84 Å². The minimum atomic E-state index is 0.279. The van der Waals surface area contributed by atoms with E-state index in [-0.39, 0.29) is 5.54 Å². The number of hydrogen-bond acceptors (Lipinski definition) is 6. The van der Waals surface area contributed by atoms with Crippen LogP contribution < -0.4 is 16.6 Å². The number of nitrogens with zero attached hydrogens (tertiary/aromatic N) is 3. The maximum atomic E-state index is 5.50. The Morgan fingerprint density at radius 1 is 1.30 bits per heavy atom. The molecule has 1 heterocycles. The van der Waals surface area contributed by atoms with Gasteiger partial charge >= 0.3 is 0 Å². The lowest BCUT2D eigenvalue weighted by Crippen LogP contribution is -2.54. The Bertz CT molecular complexity index is 479. The number of nitrogen functional groups attached to an aromatic ring is 1. The van der Waals surface area contributed by atoms with Crippen LogP contribution in [-0.4, -0.2) is 41.0 Å². The first kappa shape index (κ1) is 13.6. The monoisotopic (exact) mass is 276 g/mol. The molecule has 0 spiro atoms. The molecule has 0 bridgehead atoms. The highest BCUT2D eigenvalue weighted by molar-refractivity contribution is 5.47. The molecule has 110 valence electrons. The summed E-state index contributed by atoms with van der Waals surface area (Å²) in [4.78, 5) is 11.4. The van der Waals surface area contributed by atoms with E-state index in [4.69, 9.17) is 5.84 Å². The van der Waals surface area contributed by atoms with Gasteiger partial charge in [-0.2, -0.15) is 0 Å². The smallest absolute Gasteiger partial charge is 0.145 e. The molecule has 0 amide bonds. The predicted molar refractivity (Wildman–Crippen MR) is 80.6 cm³/mol. The molecule has 1 aromatic heterocycles. The average Bonchev–Trinajstić information content (AvgIpc) is 3.21. The van der Waals surface area contributed by atoms with E-state index in [0.29, 0.717) is 11.7 Å². The summed E-state index contributed by atoms with van der Waals surface area (Å²) in [6.07, 6.45) is 6.18. The van der Waals surface area contributed by atoms with Crippen molar-refractivity contribution in [2.75, 3.05) is 31.4 Å². The first-order chi connectivity index (χ1) is 9.63. The summed E-state index contributed by atoms with van der Waals surface area (Å²) in [7, 11) is 4.31. The SMILES string of the molecule is CN(C)C1(CNc2cc(NN)nc(C3CC3)n2)CCC1. The van der Waals surface area contributed by atoms with Gasteiger partial charge in [0.25, 0.3) is 0 Å². The topological polar surface area (TPSA) is 79.1 Å². The van der Waals surface area contributed by atoms with Gasteiger partial charge in [0.15, 0.2) is 0 Å². The van der Waals surface area contributed by atoms with E-state index in [1.165, 1.54) is 32.1 Å². The van der Waals surface area contributed by atoms with Gasteiger partial charge in [-0.15, -0.1) is 0 Å². The van der Waals surface area contributed by atoms with Crippen LogP contribution in [0, 0.1) is 0 Å². The molecule has 0 unspecified atom stereocenters. The fourth-order valence-electron chi connectivity index (χ4n) is 2.78. The summed E-state index contributed by atoms with van der Waals surface area (Å²) < 4.78 is 0. The van der Waals surface area contributed by atoms with E-state index < -0.39 is 0 Å². The third-order valence-electron chi connectivity index (χ3n) is 4.67. The average molecular weight is 276 g/mol. The minimum Gasteiger partial charge on any atom is -0.368 e. The molecular formula is C14H24N6. The van der Waals surface area contributed by atoms with Gasteiger partial charge in [0.2, 0.25) is 0 Å². The summed E-state index contributed by atoms with van der Waals surface area (Å²) in [6, 6.07) is 1.88. The summed E-state index contributed by atoms with van der Waals surface area (Å²) in [5.41, 5.74) is 2.92. The van der Waals surface area contributed by atoms with E-state index in [1.54, 1.807) is 0 Å². The molecule has 6 nitrogen and oxygen atoms in total. The minimum absolute atomic E-state index is 0.279. The van der Waals surface area contributed by atoms with Crippen molar-refractivity contribution in [1.82, 2.24) is 14.9 Å². The first-order valence-corrected chi connectivity index (χ1v) is 7.40. The van der Waals surface area contributed by atoms with Crippen molar-refractivity contribution in [3.63, 3.8) is 0 Å². The molecule has 3 rings (SSSR count). The molecule has 2 aliphatic rings. The Labute approximate surface area is 120 Å². The first-order valence-electron chi connectivity index (χ1n) is 7.40. The number of aromatic nitrogens is 2. The van der Waals surface area contributed by atoms with Crippen LogP contribution in [-0.2, 0) is 0 Å². The molecule has 2 aliphatic carbocycles. The van der Waals surface area contributed by atoms with Crippen LogP contribution in [0.4, 0.5) is 11.6 Å². The van der Waals surface area contributed by atoms with Crippen LogP contribution in [0.1, 0.15) is 43.8 Å². The molecular weight excluding hydrogens is 252 g/mol. The zero-order valence-electron chi connectivity index (χ0n) is 12.3. The zero-order chi connectivity index (χ0) is 14.2. The van der Waals surface area contributed by atoms with Gasteiger partial charge in [0.1, 0.15) is 17.5 Å². The normalized spacial score (nSPS) is 20.6. The van der Waals surface area contributed by atoms with Gasteiger partial charge in [0, 0.05) is 24.1 Å². The second-order valence-electron chi connectivity index (χ2n) is 6.24. The van der Waals surface area contributed by atoms with Crippen LogP contribution in [0.2, 0.25) is 0 Å². The molecule has 0 radical (unpaired) electrons.